The summed E-state index contributed by atoms with van der Waals surface area (Å²) in [4.78, 5) is 5.61. The van der Waals surface area contributed by atoms with Gasteiger partial charge in [0, 0.05) is 10.3 Å². The summed E-state index contributed by atoms with van der Waals surface area (Å²) >= 11 is 6.73. The highest BCUT2D eigenvalue weighted by Crippen LogP contribution is 2.33. The van der Waals surface area contributed by atoms with Crippen molar-refractivity contribution in [3.8, 4) is 0 Å². The summed E-state index contributed by atoms with van der Waals surface area (Å²) in [7, 11) is 0. The number of halogens is 1. The minimum atomic E-state index is 0.908. The minimum Gasteiger partial charge on any atom is -0.222 e. The Morgan fingerprint density at radius 2 is 1.88 bits per heavy atom. The standard InChI is InChI=1S/C13H8BrNS2/c14-12-8-16-13(15-12)17-11-6-5-9-3-1-2-4-10(9)7-11/h1-8H. The van der Waals surface area contributed by atoms with Gasteiger partial charge in [-0.15, -0.1) is 11.3 Å². The third-order valence-corrected chi connectivity index (χ3v) is 5.02. The van der Waals surface area contributed by atoms with Crippen LogP contribution in [0.1, 0.15) is 0 Å². The molecule has 1 nitrogen and oxygen atoms in total. The molecule has 1 heterocycles. The quantitative estimate of drug-likeness (QED) is 0.642. The summed E-state index contributed by atoms with van der Waals surface area (Å²) < 4.78 is 1.97. The molecule has 0 aliphatic rings. The van der Waals surface area contributed by atoms with E-state index < -0.39 is 0 Å². The molecular formula is C13H8BrNS2. The zero-order valence-electron chi connectivity index (χ0n) is 8.76. The Bertz CT molecular complexity index is 663. The first-order chi connectivity index (χ1) is 8.31. The number of hydrogen-bond acceptors (Lipinski definition) is 3. The first-order valence-corrected chi connectivity index (χ1v) is 7.58. The lowest BCUT2D eigenvalue weighted by atomic mass is 10.1. The highest BCUT2D eigenvalue weighted by atomic mass is 79.9. The molecule has 0 atom stereocenters. The summed E-state index contributed by atoms with van der Waals surface area (Å²) in [6.45, 7) is 0. The van der Waals surface area contributed by atoms with E-state index in [2.05, 4.69) is 63.4 Å². The molecule has 0 saturated carbocycles. The van der Waals surface area contributed by atoms with Gasteiger partial charge in [-0.05, 0) is 38.8 Å². The van der Waals surface area contributed by atoms with Crippen molar-refractivity contribution in [3.63, 3.8) is 0 Å². The fourth-order valence-corrected chi connectivity index (χ4v) is 4.00. The van der Waals surface area contributed by atoms with Crippen molar-refractivity contribution in [2.45, 2.75) is 9.24 Å². The van der Waals surface area contributed by atoms with Crippen molar-refractivity contribution < 1.29 is 0 Å². The summed E-state index contributed by atoms with van der Waals surface area (Å²) in [5.41, 5.74) is 0. The maximum Gasteiger partial charge on any atom is 0.155 e. The van der Waals surface area contributed by atoms with Crippen LogP contribution in [0.5, 0.6) is 0 Å². The first kappa shape index (κ1) is 11.3. The van der Waals surface area contributed by atoms with E-state index in [9.17, 15) is 0 Å². The predicted molar refractivity (Wildman–Crippen MR) is 77.9 cm³/mol. The van der Waals surface area contributed by atoms with Crippen LogP contribution >= 0.6 is 39.0 Å². The number of aromatic nitrogens is 1. The van der Waals surface area contributed by atoms with Gasteiger partial charge in [-0.3, -0.25) is 0 Å². The van der Waals surface area contributed by atoms with Crippen LogP contribution in [0.2, 0.25) is 0 Å². The van der Waals surface area contributed by atoms with Crippen LogP contribution in [0.4, 0.5) is 0 Å². The van der Waals surface area contributed by atoms with Crippen LogP contribution in [-0.4, -0.2) is 4.98 Å². The molecule has 0 amide bonds. The van der Waals surface area contributed by atoms with E-state index in [0.717, 1.165) is 8.94 Å². The summed E-state index contributed by atoms with van der Waals surface area (Å²) in [5.74, 6) is 0. The fourth-order valence-electron chi connectivity index (χ4n) is 1.62. The number of rotatable bonds is 2. The van der Waals surface area contributed by atoms with Gasteiger partial charge in [-0.1, -0.05) is 42.1 Å². The maximum atomic E-state index is 4.38. The molecule has 17 heavy (non-hydrogen) atoms. The molecular weight excluding hydrogens is 314 g/mol. The second-order valence-corrected chi connectivity index (χ2v) is 6.54. The van der Waals surface area contributed by atoms with Crippen LogP contribution in [0.3, 0.4) is 0 Å². The van der Waals surface area contributed by atoms with Gasteiger partial charge in [-0.25, -0.2) is 4.98 Å². The molecule has 0 unspecified atom stereocenters. The fraction of sp³-hybridized carbons (Fsp3) is 0. The molecule has 0 aliphatic heterocycles. The number of nitrogens with zero attached hydrogens (tertiary/aromatic N) is 1. The van der Waals surface area contributed by atoms with Crippen molar-refractivity contribution >= 4 is 49.8 Å². The third-order valence-electron chi connectivity index (χ3n) is 2.38. The summed E-state index contributed by atoms with van der Waals surface area (Å²) in [6, 6.07) is 14.9. The Hall–Kier alpha value is -0.840. The normalized spacial score (nSPS) is 10.9. The first-order valence-electron chi connectivity index (χ1n) is 5.09. The maximum absolute atomic E-state index is 4.38. The van der Waals surface area contributed by atoms with Crippen LogP contribution in [-0.2, 0) is 0 Å². The molecule has 3 aromatic rings. The Labute approximate surface area is 116 Å². The molecule has 0 N–H and O–H groups in total. The SMILES string of the molecule is Brc1csc(Sc2ccc3ccccc3c2)n1. The third kappa shape index (κ3) is 2.54. The van der Waals surface area contributed by atoms with E-state index in [1.807, 2.05) is 5.38 Å². The van der Waals surface area contributed by atoms with Crippen molar-refractivity contribution in [1.82, 2.24) is 4.98 Å². The molecule has 1 aromatic heterocycles. The molecule has 0 saturated heterocycles. The molecule has 0 aliphatic carbocycles. The van der Waals surface area contributed by atoms with Crippen molar-refractivity contribution in [3.05, 3.63) is 52.4 Å². The lowest BCUT2D eigenvalue weighted by Crippen LogP contribution is -1.75. The topological polar surface area (TPSA) is 12.9 Å². The van der Waals surface area contributed by atoms with Gasteiger partial charge in [-0.2, -0.15) is 0 Å². The molecule has 0 bridgehead atoms. The molecule has 2 aromatic carbocycles. The lowest BCUT2D eigenvalue weighted by Gasteiger charge is -2.01. The second-order valence-electron chi connectivity index (χ2n) is 3.55. The number of fused-ring (bicyclic) bond motifs is 1. The molecule has 0 fully saturated rings. The van der Waals surface area contributed by atoms with E-state index in [-0.39, 0.29) is 0 Å². The number of hydrogen-bond donors (Lipinski definition) is 0. The zero-order chi connectivity index (χ0) is 11.7. The Kier molecular flexibility index (Phi) is 3.18. The highest BCUT2D eigenvalue weighted by molar-refractivity contribution is 9.10. The largest absolute Gasteiger partial charge is 0.222 e. The lowest BCUT2D eigenvalue weighted by molar-refractivity contribution is 1.21. The molecule has 0 radical (unpaired) electrons. The van der Waals surface area contributed by atoms with Gasteiger partial charge in [0.25, 0.3) is 0 Å². The van der Waals surface area contributed by atoms with Crippen LogP contribution in [0.15, 0.2) is 61.7 Å². The summed E-state index contributed by atoms with van der Waals surface area (Å²) in [6.07, 6.45) is 0. The number of thiazole rings is 1. The molecule has 0 spiro atoms. The Balaban J connectivity index is 1.95. The van der Waals surface area contributed by atoms with Gasteiger partial charge in [0.1, 0.15) is 4.60 Å². The van der Waals surface area contributed by atoms with Crippen molar-refractivity contribution in [2.75, 3.05) is 0 Å². The molecule has 3 rings (SSSR count). The van der Waals surface area contributed by atoms with Gasteiger partial charge >= 0.3 is 0 Å². The smallest absolute Gasteiger partial charge is 0.155 e. The average molecular weight is 322 g/mol. The average Bonchev–Trinajstić information content (AvgIpc) is 2.75. The minimum absolute atomic E-state index is 0.908. The van der Waals surface area contributed by atoms with E-state index in [0.29, 0.717) is 0 Å². The van der Waals surface area contributed by atoms with Gasteiger partial charge in [0.15, 0.2) is 4.34 Å². The van der Waals surface area contributed by atoms with Crippen molar-refractivity contribution in [1.29, 1.82) is 0 Å². The Morgan fingerprint density at radius 1 is 1.06 bits per heavy atom. The predicted octanol–water partition coefficient (Wildman–Crippen LogP) is 5.21. The van der Waals surface area contributed by atoms with E-state index in [1.165, 1.54) is 15.7 Å². The van der Waals surface area contributed by atoms with Gasteiger partial charge in [0.05, 0.1) is 0 Å². The summed E-state index contributed by atoms with van der Waals surface area (Å²) in [5, 5.41) is 4.55. The van der Waals surface area contributed by atoms with E-state index in [4.69, 9.17) is 0 Å². The monoisotopic (exact) mass is 321 g/mol. The number of benzene rings is 2. The molecule has 84 valence electrons. The van der Waals surface area contributed by atoms with Crippen molar-refractivity contribution in [2.24, 2.45) is 0 Å². The van der Waals surface area contributed by atoms with Crippen LogP contribution in [0.25, 0.3) is 10.8 Å². The van der Waals surface area contributed by atoms with Crippen LogP contribution < -0.4 is 0 Å². The van der Waals surface area contributed by atoms with Gasteiger partial charge in [0.2, 0.25) is 0 Å². The van der Waals surface area contributed by atoms with E-state index >= 15 is 0 Å². The zero-order valence-corrected chi connectivity index (χ0v) is 12.0. The Morgan fingerprint density at radius 3 is 2.65 bits per heavy atom. The molecule has 4 heteroatoms. The van der Waals surface area contributed by atoms with E-state index in [1.54, 1.807) is 23.1 Å². The highest BCUT2D eigenvalue weighted by Gasteiger charge is 2.03. The van der Waals surface area contributed by atoms with Crippen LogP contribution in [0, 0.1) is 0 Å². The second kappa shape index (κ2) is 4.80. The van der Waals surface area contributed by atoms with Gasteiger partial charge < -0.3 is 0 Å².